The van der Waals surface area contributed by atoms with Crippen molar-refractivity contribution in [2.75, 3.05) is 0 Å². The van der Waals surface area contributed by atoms with Gasteiger partial charge in [0, 0.05) is 11.6 Å². The van der Waals surface area contributed by atoms with E-state index < -0.39 is 0 Å². The molecule has 2 aromatic carbocycles. The maximum Gasteiger partial charge on any atom is 0.00990 e. The average Bonchev–Trinajstić information content (AvgIpc) is 2.81. The Balaban J connectivity index is 0.000000257. The van der Waals surface area contributed by atoms with Gasteiger partial charge < -0.3 is 5.73 Å². The van der Waals surface area contributed by atoms with Crippen molar-refractivity contribution >= 4 is 0 Å². The van der Waals surface area contributed by atoms with Gasteiger partial charge in [-0.1, -0.05) is 61.5 Å². The second-order valence-electron chi connectivity index (χ2n) is 5.17. The van der Waals surface area contributed by atoms with Gasteiger partial charge in [-0.2, -0.15) is 0 Å². The molecule has 3 rings (SSSR count). The first kappa shape index (κ1) is 14.4. The van der Waals surface area contributed by atoms with Gasteiger partial charge in [-0.25, -0.2) is 0 Å². The maximum atomic E-state index is 5.15. The Morgan fingerprint density at radius 3 is 1.75 bits per heavy atom. The largest absolute Gasteiger partial charge is 0.403 e. The minimum atomic E-state index is 0.609. The third-order valence-corrected chi connectivity index (χ3v) is 3.83. The first-order valence-corrected chi connectivity index (χ1v) is 7.25. The average molecular weight is 265 g/mol. The van der Waals surface area contributed by atoms with Gasteiger partial charge in [-0.15, -0.1) is 0 Å². The Bertz CT molecular complexity index is 561. The molecule has 0 bridgehead atoms. The van der Waals surface area contributed by atoms with Gasteiger partial charge in [0.1, 0.15) is 0 Å². The van der Waals surface area contributed by atoms with E-state index >= 15 is 0 Å². The van der Waals surface area contributed by atoms with E-state index in [2.05, 4.69) is 55.5 Å². The molecule has 0 spiro atoms. The molecule has 1 aliphatic carbocycles. The Morgan fingerprint density at radius 1 is 1.00 bits per heavy atom. The van der Waals surface area contributed by atoms with Gasteiger partial charge in [0.05, 0.1) is 0 Å². The van der Waals surface area contributed by atoms with Crippen LogP contribution in [0.4, 0.5) is 0 Å². The van der Waals surface area contributed by atoms with E-state index in [1.54, 1.807) is 0 Å². The summed E-state index contributed by atoms with van der Waals surface area (Å²) in [6.45, 7) is 6.04. The van der Waals surface area contributed by atoms with Crippen LogP contribution in [0.1, 0.15) is 44.2 Å². The third kappa shape index (κ3) is 2.77. The molecular formula is C19H23N. The summed E-state index contributed by atoms with van der Waals surface area (Å²) in [4.78, 5) is 0. The maximum absolute atomic E-state index is 5.15. The van der Waals surface area contributed by atoms with Crippen molar-refractivity contribution in [3.8, 4) is 11.1 Å². The first-order chi connectivity index (χ1) is 9.69. The Labute approximate surface area is 122 Å². The van der Waals surface area contributed by atoms with Crippen LogP contribution in [0.2, 0.25) is 0 Å². The van der Waals surface area contributed by atoms with E-state index in [9.17, 15) is 0 Å². The minimum absolute atomic E-state index is 0.609. The monoisotopic (exact) mass is 265 g/mol. The van der Waals surface area contributed by atoms with E-state index in [0.29, 0.717) is 5.92 Å². The van der Waals surface area contributed by atoms with Gasteiger partial charge >= 0.3 is 0 Å². The predicted molar refractivity (Wildman–Crippen MR) is 87.6 cm³/mol. The molecule has 104 valence electrons. The third-order valence-electron chi connectivity index (χ3n) is 3.83. The molecule has 1 nitrogen and oxygen atoms in total. The molecule has 0 amide bonds. The molecular weight excluding hydrogens is 242 g/mol. The van der Waals surface area contributed by atoms with Crippen LogP contribution in [0.3, 0.4) is 0 Å². The fourth-order valence-corrected chi connectivity index (χ4v) is 2.70. The van der Waals surface area contributed by atoms with Crippen molar-refractivity contribution in [1.82, 2.24) is 0 Å². The number of allylic oxidation sites excluding steroid dienone is 2. The fraction of sp³-hybridized carbons (Fsp3) is 0.263. The van der Waals surface area contributed by atoms with E-state index in [4.69, 9.17) is 5.73 Å². The quantitative estimate of drug-likeness (QED) is 0.764. The standard InChI is InChI=1S/C15H14.C4H9N/c1-2-11-12-7-3-5-9-14(12)15-10-6-4-8-13(11)15;1-3-4(2)5/h3-11H,2H2,1H3;3H,5H2,1-2H3/b;4-3+. The summed E-state index contributed by atoms with van der Waals surface area (Å²) in [5.74, 6) is 0.609. The Kier molecular flexibility index (Phi) is 4.62. The van der Waals surface area contributed by atoms with Gasteiger partial charge in [-0.05, 0) is 42.5 Å². The molecule has 0 unspecified atom stereocenters. The second kappa shape index (κ2) is 6.42. The molecule has 2 N–H and O–H groups in total. The van der Waals surface area contributed by atoms with Crippen LogP contribution < -0.4 is 5.73 Å². The molecule has 20 heavy (non-hydrogen) atoms. The number of hydrogen-bond donors (Lipinski definition) is 1. The Hall–Kier alpha value is -2.02. The molecule has 2 aromatic rings. The highest BCUT2D eigenvalue weighted by Gasteiger charge is 2.25. The normalized spacial score (nSPS) is 13.2. The zero-order valence-electron chi connectivity index (χ0n) is 12.6. The van der Waals surface area contributed by atoms with Crippen LogP contribution in [0.15, 0.2) is 60.3 Å². The number of rotatable bonds is 1. The molecule has 1 heteroatoms. The Morgan fingerprint density at radius 2 is 1.40 bits per heavy atom. The lowest BCUT2D eigenvalue weighted by molar-refractivity contribution is 0.797. The van der Waals surface area contributed by atoms with Crippen LogP contribution in [0.25, 0.3) is 11.1 Å². The highest BCUT2D eigenvalue weighted by Crippen LogP contribution is 2.45. The van der Waals surface area contributed by atoms with Crippen LogP contribution in [0, 0.1) is 0 Å². The van der Waals surface area contributed by atoms with Crippen LogP contribution in [-0.2, 0) is 0 Å². The predicted octanol–water partition coefficient (Wildman–Crippen LogP) is 5.08. The number of nitrogens with two attached hydrogens (primary N) is 1. The summed E-state index contributed by atoms with van der Waals surface area (Å²) < 4.78 is 0. The summed E-state index contributed by atoms with van der Waals surface area (Å²) in [5.41, 5.74) is 11.9. The van der Waals surface area contributed by atoms with Gasteiger partial charge in [0.25, 0.3) is 0 Å². The molecule has 0 saturated heterocycles. The smallest absolute Gasteiger partial charge is 0.00990 e. The SMILES string of the molecule is C/C=C(\C)N.CCC1c2ccccc2-c2ccccc21. The lowest BCUT2D eigenvalue weighted by Gasteiger charge is -2.09. The molecule has 0 atom stereocenters. The highest BCUT2D eigenvalue weighted by molar-refractivity contribution is 5.78. The summed E-state index contributed by atoms with van der Waals surface area (Å²) >= 11 is 0. The highest BCUT2D eigenvalue weighted by atomic mass is 14.5. The van der Waals surface area contributed by atoms with Crippen molar-refractivity contribution in [2.24, 2.45) is 5.73 Å². The molecule has 0 heterocycles. The molecule has 0 aromatic heterocycles. The lowest BCUT2D eigenvalue weighted by atomic mass is 9.95. The van der Waals surface area contributed by atoms with Crippen molar-refractivity contribution in [3.05, 3.63) is 71.4 Å². The van der Waals surface area contributed by atoms with E-state index in [-0.39, 0.29) is 0 Å². The van der Waals surface area contributed by atoms with Crippen molar-refractivity contribution < 1.29 is 0 Å². The van der Waals surface area contributed by atoms with Gasteiger partial charge in [-0.3, -0.25) is 0 Å². The fourth-order valence-electron chi connectivity index (χ4n) is 2.70. The number of benzene rings is 2. The van der Waals surface area contributed by atoms with Gasteiger partial charge in [0.2, 0.25) is 0 Å². The van der Waals surface area contributed by atoms with Crippen molar-refractivity contribution in [1.29, 1.82) is 0 Å². The molecule has 0 saturated carbocycles. The van der Waals surface area contributed by atoms with Crippen molar-refractivity contribution in [2.45, 2.75) is 33.1 Å². The van der Waals surface area contributed by atoms with Crippen LogP contribution >= 0.6 is 0 Å². The van der Waals surface area contributed by atoms with Crippen LogP contribution in [0.5, 0.6) is 0 Å². The number of hydrogen-bond acceptors (Lipinski definition) is 1. The summed E-state index contributed by atoms with van der Waals surface area (Å²) in [6, 6.07) is 17.6. The van der Waals surface area contributed by atoms with Gasteiger partial charge in [0.15, 0.2) is 0 Å². The summed E-state index contributed by atoms with van der Waals surface area (Å²) in [5, 5.41) is 0. The molecule has 0 fully saturated rings. The minimum Gasteiger partial charge on any atom is -0.403 e. The first-order valence-electron chi connectivity index (χ1n) is 7.25. The molecule has 0 aliphatic heterocycles. The zero-order valence-corrected chi connectivity index (χ0v) is 12.6. The zero-order chi connectivity index (χ0) is 14.5. The van der Waals surface area contributed by atoms with Crippen LogP contribution in [-0.4, -0.2) is 0 Å². The lowest BCUT2D eigenvalue weighted by Crippen LogP contribution is -1.93. The van der Waals surface area contributed by atoms with E-state index in [1.165, 1.54) is 28.7 Å². The second-order valence-corrected chi connectivity index (χ2v) is 5.17. The summed E-state index contributed by atoms with van der Waals surface area (Å²) in [6.07, 6.45) is 3.05. The topological polar surface area (TPSA) is 26.0 Å². The van der Waals surface area contributed by atoms with E-state index in [0.717, 1.165) is 5.70 Å². The summed E-state index contributed by atoms with van der Waals surface area (Å²) in [7, 11) is 0. The van der Waals surface area contributed by atoms with E-state index in [1.807, 2.05) is 19.9 Å². The molecule has 0 radical (unpaired) electrons. The molecule has 1 aliphatic rings. The number of fused-ring (bicyclic) bond motifs is 3. The van der Waals surface area contributed by atoms with Crippen molar-refractivity contribution in [3.63, 3.8) is 0 Å².